The van der Waals surface area contributed by atoms with Gasteiger partial charge in [0.1, 0.15) is 17.0 Å². The molecule has 1 saturated carbocycles. The highest BCUT2D eigenvalue weighted by Gasteiger charge is 2.28. The maximum atomic E-state index is 14.5. The Bertz CT molecular complexity index is 783. The van der Waals surface area contributed by atoms with Crippen molar-refractivity contribution in [1.82, 2.24) is 9.78 Å². The van der Waals surface area contributed by atoms with Crippen LogP contribution in [0.15, 0.2) is 21.5 Å². The van der Waals surface area contributed by atoms with Gasteiger partial charge in [-0.3, -0.25) is 9.59 Å². The molecule has 0 radical (unpaired) electrons. The van der Waals surface area contributed by atoms with Gasteiger partial charge >= 0.3 is 5.97 Å². The first-order valence-electron chi connectivity index (χ1n) is 6.09. The zero-order chi connectivity index (χ0) is 14.4. The van der Waals surface area contributed by atoms with Gasteiger partial charge in [0.15, 0.2) is 0 Å². The van der Waals surface area contributed by atoms with Crippen LogP contribution in [0.1, 0.15) is 24.3 Å². The molecule has 3 rings (SSSR count). The van der Waals surface area contributed by atoms with Gasteiger partial charge < -0.3 is 5.11 Å². The summed E-state index contributed by atoms with van der Waals surface area (Å²) in [5, 5.41) is 12.8. The van der Waals surface area contributed by atoms with E-state index in [1.165, 1.54) is 0 Å². The van der Waals surface area contributed by atoms with Gasteiger partial charge in [-0.2, -0.15) is 5.10 Å². The van der Waals surface area contributed by atoms with Crippen molar-refractivity contribution in [2.45, 2.75) is 25.3 Å². The Balaban J connectivity index is 2.28. The Morgan fingerprint density at radius 2 is 2.20 bits per heavy atom. The highest BCUT2D eigenvalue weighted by molar-refractivity contribution is 9.10. The van der Waals surface area contributed by atoms with Crippen molar-refractivity contribution < 1.29 is 14.3 Å². The molecule has 0 spiro atoms. The first-order chi connectivity index (χ1) is 9.49. The fraction of sp³-hybridized carbons (Fsp3) is 0.308. The third-order valence-electron chi connectivity index (χ3n) is 3.35. The Morgan fingerprint density at radius 1 is 1.50 bits per heavy atom. The van der Waals surface area contributed by atoms with Crippen LogP contribution in [0, 0.1) is 5.82 Å². The molecule has 2 aromatic rings. The van der Waals surface area contributed by atoms with Gasteiger partial charge in [-0.25, -0.2) is 9.07 Å². The molecule has 1 aliphatic rings. The highest BCUT2D eigenvalue weighted by Crippen LogP contribution is 2.42. The smallest absolute Gasteiger partial charge is 0.325 e. The monoisotopic (exact) mass is 340 g/mol. The van der Waals surface area contributed by atoms with Gasteiger partial charge in [0.05, 0.1) is 10.8 Å². The van der Waals surface area contributed by atoms with Crippen LogP contribution in [-0.2, 0) is 11.3 Å². The molecule has 1 fully saturated rings. The molecule has 104 valence electrons. The van der Waals surface area contributed by atoms with Gasteiger partial charge in [-0.15, -0.1) is 0 Å². The molecule has 1 heterocycles. The third kappa shape index (κ3) is 2.11. The maximum absolute atomic E-state index is 14.5. The van der Waals surface area contributed by atoms with Crippen LogP contribution < -0.4 is 5.56 Å². The summed E-state index contributed by atoms with van der Waals surface area (Å²) >= 11 is 3.12. The minimum Gasteiger partial charge on any atom is -0.480 e. The zero-order valence-electron chi connectivity index (χ0n) is 10.3. The summed E-state index contributed by atoms with van der Waals surface area (Å²) in [5.41, 5.74) is -0.0118. The molecule has 0 saturated heterocycles. The number of aromatic nitrogens is 2. The number of aliphatic carboxylic acids is 1. The summed E-state index contributed by atoms with van der Waals surface area (Å²) < 4.78 is 15.4. The number of carboxylic acids is 1. The van der Waals surface area contributed by atoms with E-state index in [4.69, 9.17) is 5.11 Å². The molecule has 1 aromatic heterocycles. The summed E-state index contributed by atoms with van der Waals surface area (Å²) in [5.74, 6) is -1.40. The average Bonchev–Trinajstić information content (AvgIpc) is 3.18. The number of rotatable bonds is 3. The summed E-state index contributed by atoms with van der Waals surface area (Å²) in [6.07, 6.45) is 1.90. The fourth-order valence-corrected chi connectivity index (χ4v) is 2.84. The highest BCUT2D eigenvalue weighted by atomic mass is 79.9. The van der Waals surface area contributed by atoms with E-state index in [-0.39, 0.29) is 21.3 Å². The summed E-state index contributed by atoms with van der Waals surface area (Å²) in [7, 11) is 0. The number of hydrogen-bond acceptors (Lipinski definition) is 3. The molecule has 0 aliphatic heterocycles. The largest absolute Gasteiger partial charge is 0.480 e. The lowest BCUT2D eigenvalue weighted by atomic mass is 10.1. The quantitative estimate of drug-likeness (QED) is 0.930. The maximum Gasteiger partial charge on any atom is 0.325 e. The Hall–Kier alpha value is -1.76. The molecule has 0 bridgehead atoms. The second-order valence-electron chi connectivity index (χ2n) is 4.81. The molecule has 0 unspecified atom stereocenters. The number of carboxylic acid groups (broad SMARTS) is 1. The van der Waals surface area contributed by atoms with Gasteiger partial charge in [0.25, 0.3) is 5.56 Å². The molecule has 7 heteroatoms. The van der Waals surface area contributed by atoms with E-state index in [0.29, 0.717) is 5.56 Å². The van der Waals surface area contributed by atoms with E-state index in [1.54, 1.807) is 12.1 Å². The van der Waals surface area contributed by atoms with Crippen LogP contribution in [-0.4, -0.2) is 20.9 Å². The average molecular weight is 341 g/mol. The van der Waals surface area contributed by atoms with Gasteiger partial charge in [0, 0.05) is 0 Å². The summed E-state index contributed by atoms with van der Waals surface area (Å²) in [6, 6.07) is 3.15. The second-order valence-corrected chi connectivity index (χ2v) is 5.56. The Labute approximate surface area is 121 Å². The van der Waals surface area contributed by atoms with E-state index < -0.39 is 23.9 Å². The fourth-order valence-electron chi connectivity index (χ4n) is 2.26. The predicted octanol–water partition coefficient (Wildman–Crippen LogP) is 2.26. The molecule has 1 aliphatic carbocycles. The molecule has 0 amide bonds. The van der Waals surface area contributed by atoms with Crippen molar-refractivity contribution in [3.05, 3.63) is 38.5 Å². The summed E-state index contributed by atoms with van der Waals surface area (Å²) in [6.45, 7) is -0.556. The number of halogens is 2. The molecule has 1 aromatic carbocycles. The van der Waals surface area contributed by atoms with E-state index in [0.717, 1.165) is 17.5 Å². The SMILES string of the molecule is O=C(O)Cn1nc(Br)c2c(F)c(C3CC3)ccc2c1=O. The summed E-state index contributed by atoms with van der Waals surface area (Å²) in [4.78, 5) is 22.8. The van der Waals surface area contributed by atoms with Crippen molar-refractivity contribution in [2.75, 3.05) is 0 Å². The third-order valence-corrected chi connectivity index (χ3v) is 3.91. The second kappa shape index (κ2) is 4.66. The lowest BCUT2D eigenvalue weighted by molar-refractivity contribution is -0.138. The van der Waals surface area contributed by atoms with Crippen LogP contribution in [0.5, 0.6) is 0 Å². The number of fused-ring (bicyclic) bond motifs is 1. The van der Waals surface area contributed by atoms with Crippen LogP contribution in [0.2, 0.25) is 0 Å². The van der Waals surface area contributed by atoms with Crippen molar-refractivity contribution in [3.63, 3.8) is 0 Å². The Morgan fingerprint density at radius 3 is 2.80 bits per heavy atom. The minimum atomic E-state index is -1.18. The van der Waals surface area contributed by atoms with Crippen molar-refractivity contribution >= 4 is 32.7 Å². The van der Waals surface area contributed by atoms with Gasteiger partial charge in [-0.05, 0) is 46.3 Å². The van der Waals surface area contributed by atoms with Crippen molar-refractivity contribution in [2.24, 2.45) is 0 Å². The molecule has 0 atom stereocenters. The topological polar surface area (TPSA) is 72.2 Å². The van der Waals surface area contributed by atoms with E-state index in [2.05, 4.69) is 21.0 Å². The number of hydrogen-bond donors (Lipinski definition) is 1. The predicted molar refractivity (Wildman–Crippen MR) is 73.3 cm³/mol. The molecule has 20 heavy (non-hydrogen) atoms. The van der Waals surface area contributed by atoms with E-state index >= 15 is 0 Å². The van der Waals surface area contributed by atoms with Gasteiger partial charge in [-0.1, -0.05) is 6.07 Å². The molecular formula is C13H10BrFN2O3. The van der Waals surface area contributed by atoms with Crippen LogP contribution in [0.4, 0.5) is 4.39 Å². The van der Waals surface area contributed by atoms with Gasteiger partial charge in [0.2, 0.25) is 0 Å². The lowest BCUT2D eigenvalue weighted by Gasteiger charge is -2.09. The normalized spacial score (nSPS) is 14.7. The van der Waals surface area contributed by atoms with Crippen LogP contribution in [0.25, 0.3) is 10.8 Å². The number of carbonyl (C=O) groups is 1. The molecular weight excluding hydrogens is 331 g/mol. The standard InChI is InChI=1S/C13H10BrFN2O3/c14-12-10-8(13(20)17(16-12)5-9(18)19)4-3-7(11(10)15)6-1-2-6/h3-4,6H,1-2,5H2,(H,18,19). The van der Waals surface area contributed by atoms with Crippen LogP contribution >= 0.6 is 15.9 Å². The Kier molecular flexibility index (Phi) is 3.08. The number of benzene rings is 1. The van der Waals surface area contributed by atoms with Crippen LogP contribution in [0.3, 0.4) is 0 Å². The first-order valence-corrected chi connectivity index (χ1v) is 6.89. The van der Waals surface area contributed by atoms with E-state index in [9.17, 15) is 14.0 Å². The van der Waals surface area contributed by atoms with Crippen molar-refractivity contribution in [1.29, 1.82) is 0 Å². The van der Waals surface area contributed by atoms with Crippen molar-refractivity contribution in [3.8, 4) is 0 Å². The first kappa shape index (κ1) is 13.2. The molecule has 1 N–H and O–H groups in total. The lowest BCUT2D eigenvalue weighted by Crippen LogP contribution is -2.27. The van der Waals surface area contributed by atoms with E-state index in [1.807, 2.05) is 0 Å². The number of nitrogens with zero attached hydrogens (tertiary/aromatic N) is 2. The zero-order valence-corrected chi connectivity index (χ0v) is 11.9. The minimum absolute atomic E-state index is 0.126. The molecule has 5 nitrogen and oxygen atoms in total.